The lowest BCUT2D eigenvalue weighted by Gasteiger charge is -2.28. The molecule has 1 rings (SSSR count). The Hall–Kier alpha value is -1.69. The lowest BCUT2D eigenvalue weighted by atomic mass is 10.1. The molecular weight excluding hydrogens is 266 g/mol. The molecule has 0 amide bonds. The molecule has 0 aromatic heterocycles. The van der Waals surface area contributed by atoms with Crippen molar-refractivity contribution in [2.75, 3.05) is 38.6 Å². The Kier molecular flexibility index (Phi) is 5.88. The summed E-state index contributed by atoms with van der Waals surface area (Å²) < 4.78 is 26.3. The highest BCUT2D eigenvalue weighted by molar-refractivity contribution is 5.70. The fourth-order valence-electron chi connectivity index (χ4n) is 1.74. The first-order valence-corrected chi connectivity index (χ1v) is 6.38. The van der Waals surface area contributed by atoms with Gasteiger partial charge in [-0.2, -0.15) is 0 Å². The third-order valence-corrected chi connectivity index (χ3v) is 3.00. The van der Waals surface area contributed by atoms with Gasteiger partial charge in [0.15, 0.2) is 11.6 Å². The Morgan fingerprint density at radius 3 is 2.40 bits per heavy atom. The Balaban J connectivity index is 2.90. The number of halogens is 2. The highest BCUT2D eigenvalue weighted by Gasteiger charge is 2.17. The zero-order chi connectivity index (χ0) is 15.3. The van der Waals surface area contributed by atoms with Gasteiger partial charge in [0.2, 0.25) is 0 Å². The van der Waals surface area contributed by atoms with Gasteiger partial charge in [0.25, 0.3) is 0 Å². The molecule has 0 spiro atoms. The van der Waals surface area contributed by atoms with Gasteiger partial charge in [-0.3, -0.25) is 4.79 Å². The molecule has 6 heteroatoms. The normalized spacial score (nSPS) is 12.5. The number of benzene rings is 1. The van der Waals surface area contributed by atoms with Gasteiger partial charge in [0.1, 0.15) is 0 Å². The number of aliphatic carboxylic acids is 1. The summed E-state index contributed by atoms with van der Waals surface area (Å²) in [6, 6.07) is 3.61. The van der Waals surface area contributed by atoms with Crippen LogP contribution in [0.25, 0.3) is 0 Å². The predicted octanol–water partition coefficient (Wildman–Crippen LogP) is 2.05. The molecule has 0 saturated carbocycles. The number of carboxylic acids is 1. The van der Waals surface area contributed by atoms with Crippen LogP contribution in [0.2, 0.25) is 0 Å². The van der Waals surface area contributed by atoms with Gasteiger partial charge in [0, 0.05) is 31.4 Å². The Bertz CT molecular complexity index is 466. The SMILES string of the molecule is CC(CN(CCN(C)C)c1ccc(F)c(F)c1)C(=O)O. The van der Waals surface area contributed by atoms with E-state index in [2.05, 4.69) is 0 Å². The summed E-state index contributed by atoms with van der Waals surface area (Å²) in [5, 5.41) is 8.98. The molecule has 0 bridgehead atoms. The van der Waals surface area contributed by atoms with Gasteiger partial charge < -0.3 is 14.9 Å². The largest absolute Gasteiger partial charge is 0.481 e. The maximum Gasteiger partial charge on any atom is 0.308 e. The fraction of sp³-hybridized carbons (Fsp3) is 0.500. The van der Waals surface area contributed by atoms with Crippen LogP contribution in [0, 0.1) is 17.6 Å². The van der Waals surface area contributed by atoms with E-state index in [9.17, 15) is 13.6 Å². The van der Waals surface area contributed by atoms with Crippen molar-refractivity contribution < 1.29 is 18.7 Å². The van der Waals surface area contributed by atoms with Crippen LogP contribution in [-0.4, -0.2) is 49.7 Å². The van der Waals surface area contributed by atoms with Crippen molar-refractivity contribution in [1.82, 2.24) is 4.90 Å². The van der Waals surface area contributed by atoms with E-state index >= 15 is 0 Å². The molecule has 0 radical (unpaired) electrons. The van der Waals surface area contributed by atoms with Gasteiger partial charge in [-0.05, 0) is 26.2 Å². The number of nitrogens with zero attached hydrogens (tertiary/aromatic N) is 2. The second kappa shape index (κ2) is 7.19. The second-order valence-corrected chi connectivity index (χ2v) is 5.09. The molecule has 0 aliphatic carbocycles. The maximum atomic E-state index is 13.3. The number of carbonyl (C=O) groups is 1. The minimum absolute atomic E-state index is 0.244. The summed E-state index contributed by atoms with van der Waals surface area (Å²) in [5.41, 5.74) is 0.485. The first kappa shape index (κ1) is 16.4. The zero-order valence-electron chi connectivity index (χ0n) is 11.9. The van der Waals surface area contributed by atoms with E-state index in [1.807, 2.05) is 19.0 Å². The number of hydrogen-bond acceptors (Lipinski definition) is 3. The summed E-state index contributed by atoms with van der Waals surface area (Å²) in [5.74, 6) is -3.35. The predicted molar refractivity (Wildman–Crippen MR) is 73.9 cm³/mol. The number of likely N-dealkylation sites (N-methyl/N-ethyl adjacent to an activating group) is 1. The number of rotatable bonds is 7. The van der Waals surface area contributed by atoms with Crippen LogP contribution >= 0.6 is 0 Å². The van der Waals surface area contributed by atoms with Crippen LogP contribution in [0.3, 0.4) is 0 Å². The summed E-state index contributed by atoms with van der Waals surface area (Å²) in [4.78, 5) is 14.6. The van der Waals surface area contributed by atoms with Crippen molar-refractivity contribution in [3.05, 3.63) is 29.8 Å². The molecule has 4 nitrogen and oxygen atoms in total. The summed E-state index contributed by atoms with van der Waals surface area (Å²) in [7, 11) is 3.79. The summed E-state index contributed by atoms with van der Waals surface area (Å²) in [6.07, 6.45) is 0. The lowest BCUT2D eigenvalue weighted by molar-refractivity contribution is -0.140. The fourth-order valence-corrected chi connectivity index (χ4v) is 1.74. The zero-order valence-corrected chi connectivity index (χ0v) is 11.9. The van der Waals surface area contributed by atoms with Gasteiger partial charge in [0.05, 0.1) is 5.92 Å². The van der Waals surface area contributed by atoms with Crippen LogP contribution in [0.15, 0.2) is 18.2 Å². The summed E-state index contributed by atoms with van der Waals surface area (Å²) >= 11 is 0. The van der Waals surface area contributed by atoms with Crippen molar-refractivity contribution in [3.8, 4) is 0 Å². The molecule has 0 heterocycles. The molecule has 0 aliphatic rings. The van der Waals surface area contributed by atoms with Gasteiger partial charge in [-0.15, -0.1) is 0 Å². The van der Waals surface area contributed by atoms with Crippen molar-refractivity contribution in [1.29, 1.82) is 0 Å². The van der Waals surface area contributed by atoms with Crippen molar-refractivity contribution in [2.45, 2.75) is 6.92 Å². The first-order chi connectivity index (χ1) is 9.31. The molecule has 0 aliphatic heterocycles. The van der Waals surface area contributed by atoms with E-state index < -0.39 is 23.5 Å². The van der Waals surface area contributed by atoms with E-state index in [0.717, 1.165) is 12.1 Å². The standard InChI is InChI=1S/C14H20F2N2O2/c1-10(14(19)20)9-18(7-6-17(2)3)11-4-5-12(15)13(16)8-11/h4-5,8,10H,6-7,9H2,1-3H3,(H,19,20). The van der Waals surface area contributed by atoms with Crippen LogP contribution in [0.5, 0.6) is 0 Å². The van der Waals surface area contributed by atoms with Crippen LogP contribution < -0.4 is 4.90 Å². The molecule has 1 aromatic rings. The van der Waals surface area contributed by atoms with Crippen LogP contribution in [0.1, 0.15) is 6.92 Å². The van der Waals surface area contributed by atoms with Crippen LogP contribution in [0.4, 0.5) is 14.5 Å². The second-order valence-electron chi connectivity index (χ2n) is 5.09. The molecule has 1 N–H and O–H groups in total. The smallest absolute Gasteiger partial charge is 0.308 e. The minimum Gasteiger partial charge on any atom is -0.481 e. The van der Waals surface area contributed by atoms with Gasteiger partial charge in [-0.25, -0.2) is 8.78 Å². The minimum atomic E-state index is -0.930. The first-order valence-electron chi connectivity index (χ1n) is 6.38. The van der Waals surface area contributed by atoms with E-state index in [-0.39, 0.29) is 6.54 Å². The average molecular weight is 286 g/mol. The Morgan fingerprint density at radius 2 is 1.90 bits per heavy atom. The van der Waals surface area contributed by atoms with E-state index in [4.69, 9.17) is 5.11 Å². The summed E-state index contributed by atoms with van der Waals surface area (Å²) in [6.45, 7) is 3.06. The van der Waals surface area contributed by atoms with Crippen molar-refractivity contribution in [2.24, 2.45) is 5.92 Å². The van der Waals surface area contributed by atoms with Gasteiger partial charge >= 0.3 is 5.97 Å². The number of anilines is 1. The monoisotopic (exact) mass is 286 g/mol. The quantitative estimate of drug-likeness (QED) is 0.833. The van der Waals surface area contributed by atoms with E-state index in [1.165, 1.54) is 6.07 Å². The highest BCUT2D eigenvalue weighted by Crippen LogP contribution is 2.19. The third kappa shape index (κ3) is 4.77. The third-order valence-electron chi connectivity index (χ3n) is 3.00. The molecule has 1 aromatic carbocycles. The molecule has 0 fully saturated rings. The number of hydrogen-bond donors (Lipinski definition) is 1. The maximum absolute atomic E-state index is 13.3. The molecule has 0 saturated heterocycles. The van der Waals surface area contributed by atoms with Crippen LogP contribution in [-0.2, 0) is 4.79 Å². The molecular formula is C14H20F2N2O2. The van der Waals surface area contributed by atoms with Crippen molar-refractivity contribution >= 4 is 11.7 Å². The molecule has 112 valence electrons. The molecule has 1 atom stereocenters. The average Bonchev–Trinajstić information content (AvgIpc) is 2.37. The number of carboxylic acid groups (broad SMARTS) is 1. The molecule has 20 heavy (non-hydrogen) atoms. The highest BCUT2D eigenvalue weighted by atomic mass is 19.2. The van der Waals surface area contributed by atoms with Gasteiger partial charge in [-0.1, -0.05) is 6.92 Å². The van der Waals surface area contributed by atoms with Crippen molar-refractivity contribution in [3.63, 3.8) is 0 Å². The topological polar surface area (TPSA) is 43.8 Å². The Morgan fingerprint density at radius 1 is 1.25 bits per heavy atom. The van der Waals surface area contributed by atoms with E-state index in [1.54, 1.807) is 11.8 Å². The molecule has 1 unspecified atom stereocenters. The lowest BCUT2D eigenvalue weighted by Crippen LogP contribution is -2.36. The Labute approximate surface area is 117 Å². The van der Waals surface area contributed by atoms with E-state index in [0.29, 0.717) is 18.8 Å².